The second kappa shape index (κ2) is 13.6. The number of fused-ring (bicyclic) bond motifs is 7. The topological polar surface area (TPSA) is 86.5 Å². The summed E-state index contributed by atoms with van der Waals surface area (Å²) in [6, 6.07) is 42.0. The highest BCUT2D eigenvalue weighted by Gasteiger charge is 2.54. The van der Waals surface area contributed by atoms with Crippen LogP contribution in [0.25, 0.3) is 66.1 Å². The van der Waals surface area contributed by atoms with E-state index in [1.165, 1.54) is 11.1 Å². The molecule has 10 rings (SSSR count). The molecule has 0 unspecified atom stereocenters. The summed E-state index contributed by atoms with van der Waals surface area (Å²) in [5, 5.41) is 27.6. The summed E-state index contributed by atoms with van der Waals surface area (Å²) in [5.41, 5.74) is 11.8. The lowest BCUT2D eigenvalue weighted by Crippen LogP contribution is -2.46. The fourth-order valence-electron chi connectivity index (χ4n) is 10.7. The minimum Gasteiger partial charge on any atom is -0.353 e. The third-order valence-corrected chi connectivity index (χ3v) is 13.6. The van der Waals surface area contributed by atoms with Gasteiger partial charge in [0.2, 0.25) is 0 Å². The van der Waals surface area contributed by atoms with Crippen LogP contribution in [0.2, 0.25) is 0 Å². The molecule has 0 saturated carbocycles. The quantitative estimate of drug-likeness (QED) is 0.176. The average molecular weight is 822 g/mol. The highest BCUT2D eigenvalue weighted by Crippen LogP contribution is 2.58. The molecule has 9 aromatic rings. The molecule has 0 bridgehead atoms. The standard InChI is InChI=1S/C56H51N7/c1-53(2,3)36-18-22-45-41(28-36)39-24-26-59-32-47(39)61(45)51-43(30-57)44(31-58)52(62-46-23-19-37(54(4,5)6)29-42(46)40-25-27-60-33-48(40)62)50-49(51)55(7,8)63(56(50,9)10)38-20-16-35(17-21-38)34-14-12-11-13-15-34/h11-29,32-33H,1-10H3. The van der Waals surface area contributed by atoms with Crippen molar-refractivity contribution in [2.75, 3.05) is 4.90 Å². The molecule has 0 amide bonds. The van der Waals surface area contributed by atoms with Crippen LogP contribution in [-0.4, -0.2) is 19.1 Å². The molecular weight excluding hydrogens is 771 g/mol. The van der Waals surface area contributed by atoms with Gasteiger partial charge in [-0.15, -0.1) is 0 Å². The summed E-state index contributed by atoms with van der Waals surface area (Å²) >= 11 is 0. The molecule has 0 N–H and O–H groups in total. The minimum atomic E-state index is -0.719. The molecule has 5 heterocycles. The van der Waals surface area contributed by atoms with Gasteiger partial charge in [-0.1, -0.05) is 96.1 Å². The number of nitrogens with zero attached hydrogens (tertiary/aromatic N) is 7. The van der Waals surface area contributed by atoms with E-state index in [1.54, 1.807) is 0 Å². The van der Waals surface area contributed by atoms with E-state index in [1.807, 2.05) is 30.9 Å². The van der Waals surface area contributed by atoms with Crippen molar-refractivity contribution in [2.24, 2.45) is 0 Å². The molecule has 0 fully saturated rings. The van der Waals surface area contributed by atoms with E-state index in [2.05, 4.69) is 202 Å². The van der Waals surface area contributed by atoms with Gasteiger partial charge >= 0.3 is 0 Å². The van der Waals surface area contributed by atoms with E-state index in [4.69, 9.17) is 0 Å². The summed E-state index contributed by atoms with van der Waals surface area (Å²) in [7, 11) is 0. The minimum absolute atomic E-state index is 0.0856. The monoisotopic (exact) mass is 821 g/mol. The van der Waals surface area contributed by atoms with E-state index in [9.17, 15) is 10.5 Å². The summed E-state index contributed by atoms with van der Waals surface area (Å²) < 4.78 is 4.43. The van der Waals surface area contributed by atoms with Crippen molar-refractivity contribution in [3.63, 3.8) is 0 Å². The summed E-state index contributed by atoms with van der Waals surface area (Å²) in [5.74, 6) is 0. The molecule has 310 valence electrons. The van der Waals surface area contributed by atoms with Crippen LogP contribution < -0.4 is 4.90 Å². The van der Waals surface area contributed by atoms with Crippen molar-refractivity contribution in [1.82, 2.24) is 19.1 Å². The van der Waals surface area contributed by atoms with Crippen LogP contribution in [0, 0.1) is 22.7 Å². The number of rotatable bonds is 4. The third kappa shape index (κ3) is 5.76. The predicted molar refractivity (Wildman–Crippen MR) is 258 cm³/mol. The molecular formula is C56H51N7. The zero-order valence-corrected chi connectivity index (χ0v) is 37.8. The van der Waals surface area contributed by atoms with Gasteiger partial charge in [-0.2, -0.15) is 10.5 Å². The lowest BCUT2D eigenvalue weighted by Gasteiger charge is -2.43. The lowest BCUT2D eigenvalue weighted by atomic mass is 9.82. The van der Waals surface area contributed by atoms with Gasteiger partial charge in [0.05, 0.1) is 68.0 Å². The number of hydrogen-bond acceptors (Lipinski definition) is 5. The zero-order chi connectivity index (χ0) is 44.4. The first-order valence-corrected chi connectivity index (χ1v) is 21.8. The molecule has 0 spiro atoms. The highest BCUT2D eigenvalue weighted by molar-refractivity contribution is 6.11. The molecule has 7 nitrogen and oxygen atoms in total. The lowest BCUT2D eigenvalue weighted by molar-refractivity contribution is 0.403. The maximum atomic E-state index is 11.7. The van der Waals surface area contributed by atoms with Crippen LogP contribution in [0.15, 0.2) is 128 Å². The Labute approximate surface area is 369 Å². The van der Waals surface area contributed by atoms with Crippen molar-refractivity contribution in [1.29, 1.82) is 10.5 Å². The Hall–Kier alpha value is -7.22. The van der Waals surface area contributed by atoms with Gasteiger partial charge in [-0.3, -0.25) is 9.97 Å². The van der Waals surface area contributed by atoms with Crippen LogP contribution >= 0.6 is 0 Å². The molecule has 0 aliphatic carbocycles. The van der Waals surface area contributed by atoms with Crippen LogP contribution in [0.5, 0.6) is 0 Å². The summed E-state index contributed by atoms with van der Waals surface area (Å²) in [6.45, 7) is 22.4. The number of hydrogen-bond donors (Lipinski definition) is 0. The maximum absolute atomic E-state index is 11.7. The first-order valence-electron chi connectivity index (χ1n) is 21.8. The summed E-state index contributed by atoms with van der Waals surface area (Å²) in [6.07, 6.45) is 7.48. The normalized spacial score (nSPS) is 14.7. The van der Waals surface area contributed by atoms with Gasteiger partial charge in [-0.05, 0) is 109 Å². The fraction of sp³-hybridized carbons (Fsp3) is 0.250. The van der Waals surface area contributed by atoms with Crippen molar-refractivity contribution in [3.05, 3.63) is 161 Å². The van der Waals surface area contributed by atoms with Gasteiger partial charge in [0.15, 0.2) is 0 Å². The Morgan fingerprint density at radius 3 is 1.33 bits per heavy atom. The first kappa shape index (κ1) is 39.9. The molecule has 4 aromatic heterocycles. The number of nitriles is 2. The van der Waals surface area contributed by atoms with Crippen LogP contribution in [0.3, 0.4) is 0 Å². The predicted octanol–water partition coefficient (Wildman–Crippen LogP) is 13.7. The number of anilines is 1. The largest absolute Gasteiger partial charge is 0.353 e. The van der Waals surface area contributed by atoms with Gasteiger partial charge < -0.3 is 14.0 Å². The molecule has 63 heavy (non-hydrogen) atoms. The molecule has 7 heteroatoms. The Morgan fingerprint density at radius 1 is 0.492 bits per heavy atom. The molecule has 1 aliphatic rings. The zero-order valence-electron chi connectivity index (χ0n) is 37.8. The van der Waals surface area contributed by atoms with Crippen molar-refractivity contribution < 1.29 is 0 Å². The fourth-order valence-corrected chi connectivity index (χ4v) is 10.7. The van der Waals surface area contributed by atoms with E-state index in [0.29, 0.717) is 22.5 Å². The SMILES string of the molecule is CC(C)(C)c1ccc2c(c1)c1ccncc1n2-c1c(C#N)c(C#N)c(-n2c3ccc(C(C)(C)C)cc3c3ccncc32)c2c1C(C)(C)N(c1ccc(-c3ccccc3)cc1)C2(C)C. The second-order valence-electron chi connectivity index (χ2n) is 20.2. The van der Waals surface area contributed by atoms with Gasteiger partial charge in [0.25, 0.3) is 0 Å². The van der Waals surface area contributed by atoms with Crippen LogP contribution in [-0.2, 0) is 21.9 Å². The van der Waals surface area contributed by atoms with E-state index in [-0.39, 0.29) is 10.8 Å². The Kier molecular flexibility index (Phi) is 8.64. The summed E-state index contributed by atoms with van der Waals surface area (Å²) in [4.78, 5) is 11.8. The van der Waals surface area contributed by atoms with Gasteiger partial charge in [0, 0.05) is 50.8 Å². The Morgan fingerprint density at radius 2 is 0.921 bits per heavy atom. The number of pyridine rings is 2. The number of aromatic nitrogens is 4. The van der Waals surface area contributed by atoms with Gasteiger partial charge in [-0.25, -0.2) is 0 Å². The Balaban J connectivity index is 1.38. The highest BCUT2D eigenvalue weighted by atomic mass is 15.3. The van der Waals surface area contributed by atoms with Crippen molar-refractivity contribution in [2.45, 2.75) is 91.1 Å². The third-order valence-electron chi connectivity index (χ3n) is 13.6. The smallest absolute Gasteiger partial charge is 0.103 e. The molecule has 5 aromatic carbocycles. The Bertz CT molecular complexity index is 3240. The van der Waals surface area contributed by atoms with E-state index in [0.717, 1.165) is 71.6 Å². The van der Waals surface area contributed by atoms with E-state index >= 15 is 0 Å². The first-order chi connectivity index (χ1) is 30.0. The molecule has 0 atom stereocenters. The maximum Gasteiger partial charge on any atom is 0.103 e. The van der Waals surface area contributed by atoms with Crippen molar-refractivity contribution >= 4 is 49.3 Å². The van der Waals surface area contributed by atoms with Gasteiger partial charge in [0.1, 0.15) is 12.1 Å². The van der Waals surface area contributed by atoms with Crippen LogP contribution in [0.1, 0.15) is 103 Å². The van der Waals surface area contributed by atoms with Crippen LogP contribution in [0.4, 0.5) is 5.69 Å². The number of benzene rings is 5. The second-order valence-corrected chi connectivity index (χ2v) is 20.2. The molecule has 1 aliphatic heterocycles. The van der Waals surface area contributed by atoms with E-state index < -0.39 is 11.1 Å². The molecule has 0 radical (unpaired) electrons. The average Bonchev–Trinajstić information content (AvgIpc) is 3.82. The molecule has 0 saturated heterocycles. The van der Waals surface area contributed by atoms with Crippen molar-refractivity contribution in [3.8, 4) is 34.6 Å².